The lowest BCUT2D eigenvalue weighted by Crippen LogP contribution is -2.35. The molecule has 1 saturated carbocycles. The van der Waals surface area contributed by atoms with Crippen LogP contribution in [0.4, 0.5) is 5.69 Å². The van der Waals surface area contributed by atoms with Gasteiger partial charge in [-0.25, -0.2) is 0 Å². The normalized spacial score (nSPS) is 26.9. The summed E-state index contributed by atoms with van der Waals surface area (Å²) in [5.41, 5.74) is 1.39. The molecule has 2 N–H and O–H groups in total. The van der Waals surface area contributed by atoms with Crippen LogP contribution in [0.1, 0.15) is 40.0 Å². The van der Waals surface area contributed by atoms with Crippen LogP contribution in [0, 0.1) is 11.3 Å². The van der Waals surface area contributed by atoms with Crippen LogP contribution in [0.5, 0.6) is 5.75 Å². The number of halogens is 1. The maximum Gasteiger partial charge on any atom is 0.134 e. The van der Waals surface area contributed by atoms with E-state index in [2.05, 4.69) is 26.1 Å². The zero-order chi connectivity index (χ0) is 13.3. The van der Waals surface area contributed by atoms with E-state index in [0.29, 0.717) is 16.5 Å². The van der Waals surface area contributed by atoms with Gasteiger partial charge in [0.05, 0.1) is 5.02 Å². The number of phenolic OH excluding ortho intramolecular Hbond substituents is 1. The van der Waals surface area contributed by atoms with Gasteiger partial charge in [0, 0.05) is 11.7 Å². The highest BCUT2D eigenvalue weighted by atomic mass is 35.5. The van der Waals surface area contributed by atoms with Gasteiger partial charge in [-0.05, 0) is 48.8 Å². The number of anilines is 1. The molecule has 0 bridgehead atoms. The first-order valence-electron chi connectivity index (χ1n) is 6.61. The van der Waals surface area contributed by atoms with E-state index in [0.717, 1.165) is 11.6 Å². The number of nitrogens with one attached hydrogen (secondary N) is 1. The molecule has 0 spiro atoms. The molecule has 0 saturated heterocycles. The van der Waals surface area contributed by atoms with Gasteiger partial charge in [0.2, 0.25) is 0 Å². The summed E-state index contributed by atoms with van der Waals surface area (Å²) in [6, 6.07) is 5.81. The van der Waals surface area contributed by atoms with Crippen molar-refractivity contribution in [3.63, 3.8) is 0 Å². The summed E-state index contributed by atoms with van der Waals surface area (Å²) in [6.07, 6.45) is 3.67. The number of benzene rings is 1. The Morgan fingerprint density at radius 1 is 1.33 bits per heavy atom. The van der Waals surface area contributed by atoms with E-state index < -0.39 is 0 Å². The molecule has 1 aromatic carbocycles. The van der Waals surface area contributed by atoms with Gasteiger partial charge in [0.25, 0.3) is 0 Å². The van der Waals surface area contributed by atoms with Gasteiger partial charge in [-0.1, -0.05) is 32.4 Å². The molecule has 0 aromatic heterocycles. The van der Waals surface area contributed by atoms with Gasteiger partial charge < -0.3 is 10.4 Å². The first kappa shape index (κ1) is 13.5. The van der Waals surface area contributed by atoms with Gasteiger partial charge in [0.15, 0.2) is 0 Å². The lowest BCUT2D eigenvalue weighted by molar-refractivity contribution is 0.178. The monoisotopic (exact) mass is 267 g/mol. The smallest absolute Gasteiger partial charge is 0.134 e. The average Bonchev–Trinajstić information content (AvgIpc) is 2.20. The molecule has 1 aromatic rings. The van der Waals surface area contributed by atoms with Crippen molar-refractivity contribution in [2.75, 3.05) is 5.32 Å². The number of hydrogen-bond donors (Lipinski definition) is 2. The Balaban J connectivity index is 2.06. The molecule has 1 aliphatic carbocycles. The van der Waals surface area contributed by atoms with E-state index in [1.165, 1.54) is 19.3 Å². The van der Waals surface area contributed by atoms with Gasteiger partial charge in [-0.2, -0.15) is 0 Å². The average molecular weight is 268 g/mol. The summed E-state index contributed by atoms with van der Waals surface area (Å²) in [4.78, 5) is 0. The minimum absolute atomic E-state index is 0.138. The standard InChI is InChI=1S/C15H22ClNO/c1-10-6-12(9-15(2,3)8-10)17-11-4-5-14(18)13(16)7-11/h4-5,7,10,12,17-18H,6,8-9H2,1-3H3. The van der Waals surface area contributed by atoms with Crippen molar-refractivity contribution in [3.05, 3.63) is 23.2 Å². The van der Waals surface area contributed by atoms with Crippen molar-refractivity contribution >= 4 is 17.3 Å². The minimum Gasteiger partial charge on any atom is -0.506 e. The van der Waals surface area contributed by atoms with E-state index in [1.807, 2.05) is 6.07 Å². The van der Waals surface area contributed by atoms with Crippen LogP contribution < -0.4 is 5.32 Å². The molecule has 18 heavy (non-hydrogen) atoms. The SMILES string of the molecule is CC1CC(Nc2ccc(O)c(Cl)c2)CC(C)(C)C1. The second kappa shape index (κ2) is 5.00. The number of phenols is 1. The van der Waals surface area contributed by atoms with Gasteiger partial charge >= 0.3 is 0 Å². The third-order valence-electron chi connectivity index (χ3n) is 3.71. The summed E-state index contributed by atoms with van der Waals surface area (Å²) in [7, 11) is 0. The highest BCUT2D eigenvalue weighted by Crippen LogP contribution is 2.39. The van der Waals surface area contributed by atoms with E-state index in [1.54, 1.807) is 12.1 Å². The van der Waals surface area contributed by atoms with Crippen LogP contribution >= 0.6 is 11.6 Å². The van der Waals surface area contributed by atoms with Crippen molar-refractivity contribution in [2.45, 2.75) is 46.1 Å². The summed E-state index contributed by atoms with van der Waals surface area (Å²) < 4.78 is 0. The maximum atomic E-state index is 9.41. The summed E-state index contributed by atoms with van der Waals surface area (Å²) in [5.74, 6) is 0.887. The van der Waals surface area contributed by atoms with Crippen LogP contribution in [0.2, 0.25) is 5.02 Å². The maximum absolute atomic E-state index is 9.41. The topological polar surface area (TPSA) is 32.3 Å². The number of aromatic hydroxyl groups is 1. The molecule has 0 aliphatic heterocycles. The van der Waals surface area contributed by atoms with Crippen molar-refractivity contribution in [2.24, 2.45) is 11.3 Å². The van der Waals surface area contributed by atoms with Crippen molar-refractivity contribution < 1.29 is 5.11 Å². The third kappa shape index (κ3) is 3.32. The number of hydrogen-bond acceptors (Lipinski definition) is 2. The Morgan fingerprint density at radius 2 is 2.06 bits per heavy atom. The van der Waals surface area contributed by atoms with Crippen LogP contribution in [0.3, 0.4) is 0 Å². The summed E-state index contributed by atoms with van der Waals surface area (Å²) in [6.45, 7) is 6.99. The van der Waals surface area contributed by atoms with Crippen molar-refractivity contribution in [1.82, 2.24) is 0 Å². The Hall–Kier alpha value is -0.890. The first-order valence-corrected chi connectivity index (χ1v) is 6.98. The molecule has 1 aliphatic rings. The van der Waals surface area contributed by atoms with Gasteiger partial charge in [-0.3, -0.25) is 0 Å². The zero-order valence-electron chi connectivity index (χ0n) is 11.3. The summed E-state index contributed by atoms with van der Waals surface area (Å²) >= 11 is 5.93. The van der Waals surface area contributed by atoms with E-state index in [4.69, 9.17) is 11.6 Å². The predicted molar refractivity (Wildman–Crippen MR) is 77.3 cm³/mol. The Morgan fingerprint density at radius 3 is 2.67 bits per heavy atom. The molecule has 3 heteroatoms. The molecule has 2 atom stereocenters. The third-order valence-corrected chi connectivity index (χ3v) is 4.01. The Kier molecular flexibility index (Phi) is 3.76. The van der Waals surface area contributed by atoms with Crippen LogP contribution in [0.25, 0.3) is 0 Å². The molecular weight excluding hydrogens is 246 g/mol. The molecule has 2 rings (SSSR count). The molecule has 0 heterocycles. The second-order valence-corrected chi connectivity index (χ2v) is 6.83. The zero-order valence-corrected chi connectivity index (χ0v) is 12.1. The van der Waals surface area contributed by atoms with Gasteiger partial charge in [-0.15, -0.1) is 0 Å². The number of rotatable bonds is 2. The summed E-state index contributed by atoms with van der Waals surface area (Å²) in [5, 5.41) is 13.4. The van der Waals surface area contributed by atoms with E-state index >= 15 is 0 Å². The fourth-order valence-corrected chi connectivity index (χ4v) is 3.47. The quantitative estimate of drug-likeness (QED) is 0.763. The Labute approximate surface area is 114 Å². The highest BCUT2D eigenvalue weighted by Gasteiger charge is 2.31. The van der Waals surface area contributed by atoms with Crippen molar-refractivity contribution in [3.8, 4) is 5.75 Å². The highest BCUT2D eigenvalue weighted by molar-refractivity contribution is 6.32. The fraction of sp³-hybridized carbons (Fsp3) is 0.600. The molecule has 0 amide bonds. The van der Waals surface area contributed by atoms with Gasteiger partial charge in [0.1, 0.15) is 5.75 Å². The largest absolute Gasteiger partial charge is 0.506 e. The predicted octanol–water partition coefficient (Wildman–Crippen LogP) is 4.67. The molecule has 2 nitrogen and oxygen atoms in total. The van der Waals surface area contributed by atoms with E-state index in [-0.39, 0.29) is 5.75 Å². The molecule has 0 radical (unpaired) electrons. The fourth-order valence-electron chi connectivity index (χ4n) is 3.29. The Bertz CT molecular complexity index is 431. The van der Waals surface area contributed by atoms with Crippen molar-refractivity contribution in [1.29, 1.82) is 0 Å². The molecule has 2 unspecified atom stereocenters. The lowest BCUT2D eigenvalue weighted by Gasteiger charge is -2.39. The first-order chi connectivity index (χ1) is 8.35. The van der Waals surface area contributed by atoms with E-state index in [9.17, 15) is 5.11 Å². The second-order valence-electron chi connectivity index (χ2n) is 6.42. The van der Waals surface area contributed by atoms with Crippen LogP contribution in [-0.2, 0) is 0 Å². The molecule has 1 fully saturated rings. The lowest BCUT2D eigenvalue weighted by atomic mass is 9.70. The van der Waals surface area contributed by atoms with Crippen LogP contribution in [0.15, 0.2) is 18.2 Å². The molecule has 100 valence electrons. The molecular formula is C15H22ClNO. The minimum atomic E-state index is 0.138. The van der Waals surface area contributed by atoms with Crippen LogP contribution in [-0.4, -0.2) is 11.1 Å².